The molecule has 0 spiro atoms. The summed E-state index contributed by atoms with van der Waals surface area (Å²) in [5, 5.41) is -0.0343. The molecule has 0 aromatic heterocycles. The third kappa shape index (κ3) is 7.17. The van der Waals surface area contributed by atoms with Gasteiger partial charge in [0.05, 0.1) is 31.6 Å². The molecule has 0 saturated heterocycles. The average Bonchev–Trinajstić information content (AvgIpc) is 2.79. The lowest BCUT2D eigenvalue weighted by Crippen LogP contribution is -2.43. The Hall–Kier alpha value is -2.07. The van der Waals surface area contributed by atoms with Crippen molar-refractivity contribution in [1.82, 2.24) is 0 Å². The number of carbonyl (C=O) groups is 1. The Morgan fingerprint density at radius 2 is 1.77 bits per heavy atom. The molecule has 2 aromatic carbocycles. The van der Waals surface area contributed by atoms with Gasteiger partial charge in [-0.2, -0.15) is 8.42 Å². The van der Waals surface area contributed by atoms with Crippen molar-refractivity contribution < 1.29 is 30.9 Å². The fraction of sp³-hybridized carbons (Fsp3) is 0.567. The minimum absolute atomic E-state index is 0.0343. The van der Waals surface area contributed by atoms with Gasteiger partial charge in [0, 0.05) is 11.5 Å². The summed E-state index contributed by atoms with van der Waals surface area (Å²) in [6, 6.07) is 8.09. The summed E-state index contributed by atoms with van der Waals surface area (Å²) in [5.41, 5.74) is 4.16. The van der Waals surface area contributed by atoms with Crippen molar-refractivity contribution >= 4 is 24.4 Å². The van der Waals surface area contributed by atoms with E-state index in [0.717, 1.165) is 30.2 Å². The van der Waals surface area contributed by atoms with Crippen LogP contribution < -0.4 is 0 Å². The maximum absolute atomic E-state index is 14.0. The van der Waals surface area contributed by atoms with Gasteiger partial charge in [-0.05, 0) is 70.8 Å². The van der Waals surface area contributed by atoms with E-state index in [0.29, 0.717) is 22.3 Å². The summed E-state index contributed by atoms with van der Waals surface area (Å²) < 4.78 is 55.1. The lowest BCUT2D eigenvalue weighted by atomic mass is 9.69. The molecule has 0 fully saturated rings. The van der Waals surface area contributed by atoms with E-state index in [9.17, 15) is 17.6 Å². The second-order valence-corrected chi connectivity index (χ2v) is 19.5. The van der Waals surface area contributed by atoms with Gasteiger partial charge in [-0.25, -0.2) is 9.18 Å². The highest BCUT2D eigenvalue weighted by Gasteiger charge is 2.44. The molecule has 39 heavy (non-hydrogen) atoms. The number of ether oxygens (including phenoxy) is 1. The Morgan fingerprint density at radius 1 is 1.18 bits per heavy atom. The molecule has 1 aliphatic rings. The maximum Gasteiger partial charge on any atom is 0.338 e. The first-order valence-electron chi connectivity index (χ1n) is 13.3. The van der Waals surface area contributed by atoms with Crippen LogP contribution in [0.15, 0.2) is 30.3 Å². The molecule has 0 amide bonds. The van der Waals surface area contributed by atoms with Gasteiger partial charge in [0.15, 0.2) is 8.32 Å². The van der Waals surface area contributed by atoms with Crippen LogP contribution in [0.4, 0.5) is 4.39 Å². The number of hydrogen-bond acceptors (Lipinski definition) is 6. The molecular weight excluding hydrogens is 535 g/mol. The molecule has 1 aliphatic carbocycles. The van der Waals surface area contributed by atoms with E-state index in [1.54, 1.807) is 12.1 Å². The van der Waals surface area contributed by atoms with Crippen LogP contribution in [0.2, 0.25) is 18.1 Å². The molecule has 2 unspecified atom stereocenters. The number of hydrogen-bond donors (Lipinski definition) is 0. The van der Waals surface area contributed by atoms with Gasteiger partial charge >= 0.3 is 5.97 Å². The molecule has 2 aromatic rings. The second kappa shape index (κ2) is 11.1. The molecule has 0 N–H and O–H groups in total. The number of methoxy groups -OCH3 is 1. The van der Waals surface area contributed by atoms with Crippen molar-refractivity contribution in [1.29, 1.82) is 0 Å². The van der Waals surface area contributed by atoms with E-state index in [2.05, 4.69) is 47.7 Å². The highest BCUT2D eigenvalue weighted by atomic mass is 32.2. The van der Waals surface area contributed by atoms with Crippen LogP contribution in [-0.2, 0) is 29.9 Å². The number of halogens is 1. The van der Waals surface area contributed by atoms with Crippen molar-refractivity contribution in [3.63, 3.8) is 0 Å². The number of fused-ring (bicyclic) bond motifs is 1. The van der Waals surface area contributed by atoms with E-state index in [-0.39, 0.29) is 29.0 Å². The van der Waals surface area contributed by atoms with Gasteiger partial charge in [-0.3, -0.25) is 4.18 Å². The lowest BCUT2D eigenvalue weighted by molar-refractivity contribution is 0.0598. The van der Waals surface area contributed by atoms with E-state index in [1.165, 1.54) is 19.2 Å². The Balaban J connectivity index is 2.40. The molecule has 216 valence electrons. The number of carbonyl (C=O) groups excluding carboxylic acids is 1. The molecule has 9 heteroatoms. The molecular formula is C30H43FO6SSi. The van der Waals surface area contributed by atoms with E-state index in [1.807, 2.05) is 13.0 Å². The summed E-state index contributed by atoms with van der Waals surface area (Å²) in [4.78, 5) is 13.5. The predicted octanol–water partition coefficient (Wildman–Crippen LogP) is 7.39. The summed E-state index contributed by atoms with van der Waals surface area (Å²) >= 11 is 0. The first kappa shape index (κ1) is 31.5. The zero-order valence-electron chi connectivity index (χ0n) is 24.9. The average molecular weight is 579 g/mol. The fourth-order valence-corrected chi connectivity index (χ4v) is 6.78. The van der Waals surface area contributed by atoms with Gasteiger partial charge in [-0.15, -0.1) is 0 Å². The van der Waals surface area contributed by atoms with Gasteiger partial charge < -0.3 is 9.16 Å². The summed E-state index contributed by atoms with van der Waals surface area (Å²) in [6.45, 7) is 17.1. The van der Waals surface area contributed by atoms with Crippen molar-refractivity contribution in [2.24, 2.45) is 5.41 Å². The van der Waals surface area contributed by atoms with Crippen molar-refractivity contribution in [3.05, 3.63) is 58.4 Å². The van der Waals surface area contributed by atoms with Crippen molar-refractivity contribution in [2.75, 3.05) is 20.0 Å². The first-order valence-corrected chi connectivity index (χ1v) is 18.0. The number of esters is 1. The Labute approximate surface area is 234 Å². The molecule has 0 bridgehead atoms. The van der Waals surface area contributed by atoms with Gasteiger partial charge in [0.25, 0.3) is 10.1 Å². The predicted molar refractivity (Wildman–Crippen MR) is 156 cm³/mol. The summed E-state index contributed by atoms with van der Waals surface area (Å²) in [6.07, 6.45) is 2.21. The van der Waals surface area contributed by atoms with Gasteiger partial charge in [0.1, 0.15) is 5.82 Å². The van der Waals surface area contributed by atoms with E-state index < -0.39 is 30.3 Å². The topological polar surface area (TPSA) is 78.9 Å². The van der Waals surface area contributed by atoms with Crippen LogP contribution >= 0.6 is 0 Å². The second-order valence-electron chi connectivity index (χ2n) is 13.1. The molecule has 6 nitrogen and oxygen atoms in total. The highest BCUT2D eigenvalue weighted by Crippen LogP contribution is 2.52. The standard InChI is InChI=1S/C30H43FO6SSi/c1-19(18-36-38(8,33)34)23-15-21-16-30(5,6)17-24(37-39(9,10)29(2,3)4)25(21)26(27(23)28(32)35-7)20-11-13-22(31)14-12-20/h11-15,19,24H,16-18H2,1-10H3. The Kier molecular flexibility index (Phi) is 8.93. The first-order chi connectivity index (χ1) is 17.8. The van der Waals surface area contributed by atoms with Gasteiger partial charge in [0.2, 0.25) is 0 Å². The minimum Gasteiger partial charge on any atom is -0.465 e. The molecule has 2 atom stereocenters. The third-order valence-corrected chi connectivity index (χ3v) is 13.1. The maximum atomic E-state index is 14.0. The smallest absolute Gasteiger partial charge is 0.338 e. The normalized spacial score (nSPS) is 18.4. The molecule has 0 heterocycles. The fourth-order valence-electron chi connectivity index (χ4n) is 5.06. The molecule has 0 radical (unpaired) electrons. The third-order valence-electron chi connectivity index (χ3n) is 8.04. The van der Waals surface area contributed by atoms with Crippen LogP contribution in [0.5, 0.6) is 0 Å². The van der Waals surface area contributed by atoms with Crippen LogP contribution in [0.25, 0.3) is 11.1 Å². The minimum atomic E-state index is -3.69. The highest BCUT2D eigenvalue weighted by molar-refractivity contribution is 7.85. The number of benzene rings is 2. The summed E-state index contributed by atoms with van der Waals surface area (Å²) in [7, 11) is -4.60. The zero-order valence-corrected chi connectivity index (χ0v) is 26.7. The molecule has 0 aliphatic heterocycles. The van der Waals surface area contributed by atoms with Crippen molar-refractivity contribution in [2.45, 2.75) is 84.5 Å². The van der Waals surface area contributed by atoms with Crippen LogP contribution in [0, 0.1) is 11.2 Å². The van der Waals surface area contributed by atoms with Gasteiger partial charge in [-0.1, -0.05) is 59.7 Å². The monoisotopic (exact) mass is 578 g/mol. The lowest BCUT2D eigenvalue weighted by Gasteiger charge is -2.45. The Morgan fingerprint density at radius 3 is 2.28 bits per heavy atom. The van der Waals surface area contributed by atoms with E-state index >= 15 is 0 Å². The number of rotatable bonds is 8. The van der Waals surface area contributed by atoms with Crippen LogP contribution in [0.3, 0.4) is 0 Å². The summed E-state index contributed by atoms with van der Waals surface area (Å²) in [5.74, 6) is -1.37. The largest absolute Gasteiger partial charge is 0.465 e. The quantitative estimate of drug-likeness (QED) is 0.185. The van der Waals surface area contributed by atoms with Crippen LogP contribution in [0.1, 0.15) is 87.0 Å². The van der Waals surface area contributed by atoms with Crippen molar-refractivity contribution in [3.8, 4) is 11.1 Å². The zero-order chi connectivity index (χ0) is 29.6. The Bertz CT molecular complexity index is 1330. The van der Waals surface area contributed by atoms with E-state index in [4.69, 9.17) is 13.3 Å². The molecule has 3 rings (SSSR count). The van der Waals surface area contributed by atoms with Crippen LogP contribution in [-0.4, -0.2) is 42.7 Å². The molecule has 0 saturated carbocycles. The SMILES string of the molecule is COC(=O)c1c(C(C)COS(C)(=O)=O)cc2c(c1-c1ccc(F)cc1)C(O[Si](C)(C)C(C)(C)C)CC(C)(C)C2.